The van der Waals surface area contributed by atoms with Crippen molar-refractivity contribution in [1.29, 1.82) is 0 Å². The maximum Gasteiger partial charge on any atom is 0.253 e. The first-order chi connectivity index (χ1) is 10.8. The van der Waals surface area contributed by atoms with Crippen molar-refractivity contribution in [2.24, 2.45) is 0 Å². The van der Waals surface area contributed by atoms with E-state index in [9.17, 15) is 9.90 Å². The number of ether oxygens (including phenoxy) is 1. The zero-order chi connectivity index (χ0) is 16.9. The first-order valence-electron chi connectivity index (χ1n) is 7.45. The van der Waals surface area contributed by atoms with Crippen molar-refractivity contribution < 1.29 is 14.6 Å². The van der Waals surface area contributed by atoms with Crippen LogP contribution in [0, 0.1) is 0 Å². The van der Waals surface area contributed by atoms with E-state index in [2.05, 4.69) is 4.98 Å². The van der Waals surface area contributed by atoms with E-state index in [4.69, 9.17) is 4.74 Å². The Morgan fingerprint density at radius 2 is 2.09 bits per heavy atom. The van der Waals surface area contributed by atoms with Crippen LogP contribution in [0.3, 0.4) is 0 Å². The molecule has 0 radical (unpaired) electrons. The van der Waals surface area contributed by atoms with Gasteiger partial charge in [0.1, 0.15) is 12.4 Å². The van der Waals surface area contributed by atoms with Gasteiger partial charge in [-0.3, -0.25) is 9.78 Å². The van der Waals surface area contributed by atoms with Crippen LogP contribution >= 0.6 is 0 Å². The van der Waals surface area contributed by atoms with Gasteiger partial charge in [-0.1, -0.05) is 12.1 Å². The van der Waals surface area contributed by atoms with Crippen molar-refractivity contribution in [2.45, 2.75) is 26.1 Å². The molecular weight excluding hydrogens is 292 g/mol. The van der Waals surface area contributed by atoms with Crippen molar-refractivity contribution >= 4 is 5.91 Å². The summed E-state index contributed by atoms with van der Waals surface area (Å²) in [7, 11) is 1.67. The van der Waals surface area contributed by atoms with E-state index < -0.39 is 5.60 Å². The van der Waals surface area contributed by atoms with Crippen LogP contribution in [0.4, 0.5) is 0 Å². The molecule has 2 aromatic rings. The molecule has 1 N–H and O–H groups in total. The Labute approximate surface area is 136 Å². The molecule has 0 bridgehead atoms. The largest absolute Gasteiger partial charge is 0.489 e. The first-order valence-corrected chi connectivity index (χ1v) is 7.45. The van der Waals surface area contributed by atoms with E-state index in [1.54, 1.807) is 51.5 Å². The van der Waals surface area contributed by atoms with Crippen LogP contribution in [0.15, 0.2) is 48.8 Å². The summed E-state index contributed by atoms with van der Waals surface area (Å²) in [6, 6.07) is 10.8. The molecule has 1 aromatic heterocycles. The highest BCUT2D eigenvalue weighted by atomic mass is 16.5. The number of aromatic nitrogens is 1. The third-order valence-corrected chi connectivity index (χ3v) is 3.18. The quantitative estimate of drug-likeness (QED) is 0.890. The Morgan fingerprint density at radius 3 is 2.74 bits per heavy atom. The number of nitrogens with zero attached hydrogens (tertiary/aromatic N) is 2. The average Bonchev–Trinajstić information content (AvgIpc) is 2.52. The third-order valence-electron chi connectivity index (χ3n) is 3.18. The summed E-state index contributed by atoms with van der Waals surface area (Å²) in [6.07, 6.45) is 3.45. The van der Waals surface area contributed by atoms with Gasteiger partial charge in [0.25, 0.3) is 5.91 Å². The predicted octanol–water partition coefficient (Wildman–Crippen LogP) is 2.50. The van der Waals surface area contributed by atoms with E-state index in [0.29, 0.717) is 17.9 Å². The number of carbonyl (C=O) groups excluding carboxylic acids is 1. The van der Waals surface area contributed by atoms with Gasteiger partial charge >= 0.3 is 0 Å². The van der Waals surface area contributed by atoms with Crippen molar-refractivity contribution in [3.05, 3.63) is 59.9 Å². The first kappa shape index (κ1) is 17.0. The van der Waals surface area contributed by atoms with Crippen LogP contribution in [-0.4, -0.2) is 40.1 Å². The molecule has 5 nitrogen and oxygen atoms in total. The number of rotatable bonds is 6. The summed E-state index contributed by atoms with van der Waals surface area (Å²) in [6.45, 7) is 3.99. The zero-order valence-corrected chi connectivity index (χ0v) is 13.7. The van der Waals surface area contributed by atoms with Gasteiger partial charge in [0, 0.05) is 37.1 Å². The zero-order valence-electron chi connectivity index (χ0n) is 13.7. The fourth-order valence-corrected chi connectivity index (χ4v) is 2.24. The summed E-state index contributed by atoms with van der Waals surface area (Å²) >= 11 is 0. The molecule has 0 aliphatic heterocycles. The van der Waals surface area contributed by atoms with E-state index in [0.717, 1.165) is 5.56 Å². The summed E-state index contributed by atoms with van der Waals surface area (Å²) < 4.78 is 5.70. The molecule has 1 aromatic carbocycles. The van der Waals surface area contributed by atoms with Gasteiger partial charge in [0.05, 0.1) is 5.60 Å². The Hall–Kier alpha value is -2.40. The maximum absolute atomic E-state index is 12.4. The lowest BCUT2D eigenvalue weighted by atomic mass is 10.1. The second-order valence-corrected chi connectivity index (χ2v) is 6.15. The number of pyridine rings is 1. The highest BCUT2D eigenvalue weighted by Gasteiger charge is 2.20. The van der Waals surface area contributed by atoms with Crippen LogP contribution in [0.5, 0.6) is 5.75 Å². The Balaban J connectivity index is 2.03. The molecule has 1 heterocycles. The monoisotopic (exact) mass is 314 g/mol. The highest BCUT2D eigenvalue weighted by molar-refractivity contribution is 5.94. The molecule has 122 valence electrons. The Morgan fingerprint density at radius 1 is 1.30 bits per heavy atom. The Bertz CT molecular complexity index is 651. The lowest BCUT2D eigenvalue weighted by molar-refractivity contribution is 0.0367. The van der Waals surface area contributed by atoms with Crippen molar-refractivity contribution in [3.8, 4) is 5.75 Å². The molecule has 0 aliphatic rings. The lowest BCUT2D eigenvalue weighted by Gasteiger charge is -2.25. The van der Waals surface area contributed by atoms with E-state index in [1.165, 1.54) is 4.90 Å². The van der Waals surface area contributed by atoms with Gasteiger partial charge in [-0.15, -0.1) is 0 Å². The molecule has 0 fully saturated rings. The van der Waals surface area contributed by atoms with Gasteiger partial charge in [0.2, 0.25) is 0 Å². The van der Waals surface area contributed by atoms with Crippen molar-refractivity contribution in [2.75, 3.05) is 13.6 Å². The van der Waals surface area contributed by atoms with Gasteiger partial charge in [-0.2, -0.15) is 0 Å². The molecule has 0 atom stereocenters. The second-order valence-electron chi connectivity index (χ2n) is 6.15. The minimum absolute atomic E-state index is 0.154. The summed E-state index contributed by atoms with van der Waals surface area (Å²) in [5.41, 5.74) is 0.558. The topological polar surface area (TPSA) is 62.7 Å². The third kappa shape index (κ3) is 5.38. The second kappa shape index (κ2) is 7.24. The summed E-state index contributed by atoms with van der Waals surface area (Å²) in [5.74, 6) is 0.468. The predicted molar refractivity (Wildman–Crippen MR) is 88.3 cm³/mol. The number of hydrogen-bond acceptors (Lipinski definition) is 4. The SMILES string of the molecule is CN(CC(C)(C)O)C(=O)c1cccc(OCc2cccnc2)c1. The van der Waals surface area contributed by atoms with Crippen LogP contribution in [0.2, 0.25) is 0 Å². The van der Waals surface area contributed by atoms with Crippen molar-refractivity contribution in [1.82, 2.24) is 9.88 Å². The summed E-state index contributed by atoms with van der Waals surface area (Å²) in [4.78, 5) is 17.9. The normalized spacial score (nSPS) is 11.1. The van der Waals surface area contributed by atoms with Crippen molar-refractivity contribution in [3.63, 3.8) is 0 Å². The molecule has 0 unspecified atom stereocenters. The number of benzene rings is 1. The molecule has 0 aliphatic carbocycles. The van der Waals surface area contributed by atoms with Gasteiger partial charge in [-0.05, 0) is 38.1 Å². The molecule has 0 saturated heterocycles. The van der Waals surface area contributed by atoms with Gasteiger partial charge in [-0.25, -0.2) is 0 Å². The highest BCUT2D eigenvalue weighted by Crippen LogP contribution is 2.17. The molecular formula is C18H22N2O3. The standard InChI is InChI=1S/C18H22N2O3/c1-18(2,22)13-20(3)17(21)15-7-4-8-16(10-15)23-12-14-6-5-9-19-11-14/h4-11,22H,12-13H2,1-3H3. The molecule has 5 heteroatoms. The molecule has 0 spiro atoms. The molecule has 1 amide bonds. The van der Waals surface area contributed by atoms with E-state index in [1.807, 2.05) is 18.2 Å². The fraction of sp³-hybridized carbons (Fsp3) is 0.333. The van der Waals surface area contributed by atoms with E-state index >= 15 is 0 Å². The Kier molecular flexibility index (Phi) is 5.34. The average molecular weight is 314 g/mol. The van der Waals surface area contributed by atoms with Gasteiger partial charge < -0.3 is 14.7 Å². The molecule has 0 saturated carbocycles. The van der Waals surface area contributed by atoms with Crippen LogP contribution in [-0.2, 0) is 6.61 Å². The number of amides is 1. The molecule has 23 heavy (non-hydrogen) atoms. The smallest absolute Gasteiger partial charge is 0.253 e. The van der Waals surface area contributed by atoms with Crippen LogP contribution in [0.1, 0.15) is 29.8 Å². The van der Waals surface area contributed by atoms with Gasteiger partial charge in [0.15, 0.2) is 0 Å². The minimum Gasteiger partial charge on any atom is -0.489 e. The lowest BCUT2D eigenvalue weighted by Crippen LogP contribution is -2.39. The fourth-order valence-electron chi connectivity index (χ4n) is 2.24. The van der Waals surface area contributed by atoms with Crippen LogP contribution < -0.4 is 4.74 Å². The summed E-state index contributed by atoms with van der Waals surface area (Å²) in [5, 5.41) is 9.82. The molecule has 2 rings (SSSR count). The number of aliphatic hydroxyl groups is 1. The number of carbonyl (C=O) groups is 1. The minimum atomic E-state index is -0.932. The van der Waals surface area contributed by atoms with E-state index in [-0.39, 0.29) is 12.5 Å². The maximum atomic E-state index is 12.4. The number of hydrogen-bond donors (Lipinski definition) is 1. The van der Waals surface area contributed by atoms with Crippen LogP contribution in [0.25, 0.3) is 0 Å². The number of likely N-dealkylation sites (N-methyl/N-ethyl adjacent to an activating group) is 1.